The van der Waals surface area contributed by atoms with Crippen LogP contribution in [0.15, 0.2) is 0 Å². The third-order valence-corrected chi connectivity index (χ3v) is 2.48. The molecule has 0 aromatic carbocycles. The summed E-state index contributed by atoms with van der Waals surface area (Å²) in [6.07, 6.45) is -8.50. The van der Waals surface area contributed by atoms with Gasteiger partial charge >= 0.3 is 10.4 Å². The smallest absolute Gasteiger partial charge is 0.399 e. The first-order chi connectivity index (χ1) is 7.22. The third kappa shape index (κ3) is 4.42. The van der Waals surface area contributed by atoms with Crippen LogP contribution in [-0.2, 0) is 19.3 Å². The van der Waals surface area contributed by atoms with E-state index in [2.05, 4.69) is 8.92 Å². The zero-order chi connectivity index (χ0) is 12.5. The Balaban J connectivity index is 0.00000256. The molecule has 104 valence electrons. The largest absolute Gasteiger partial charge is 0.412 e. The molecule has 0 bridgehead atoms. The predicted molar refractivity (Wildman–Crippen MR) is 50.0 cm³/mol. The van der Waals surface area contributed by atoms with E-state index in [1.165, 1.54) is 0 Å². The lowest BCUT2D eigenvalue weighted by molar-refractivity contribution is -0.240. The normalized spacial score (nSPS) is 36.1. The molecule has 1 heterocycles. The molecule has 0 aromatic heterocycles. The Labute approximate surface area is 96.3 Å². The van der Waals surface area contributed by atoms with Crippen LogP contribution in [0.25, 0.3) is 0 Å². The van der Waals surface area contributed by atoms with Gasteiger partial charge in [-0.2, -0.15) is 8.42 Å². The fraction of sp³-hybridized carbons (Fsp3) is 1.00. The third-order valence-electron chi connectivity index (χ3n) is 2.04. The van der Waals surface area contributed by atoms with E-state index in [9.17, 15) is 18.6 Å². The molecular weight excluding hydrogens is 264 g/mol. The molecule has 0 saturated carbocycles. The molecule has 1 rings (SSSR count). The van der Waals surface area contributed by atoms with E-state index in [1.54, 1.807) is 0 Å². The first-order valence-corrected chi connectivity index (χ1v) is 5.58. The first kappa shape index (κ1) is 16.6. The quantitative estimate of drug-likeness (QED) is 0.252. The molecule has 0 aliphatic carbocycles. The Morgan fingerprint density at radius 1 is 1.24 bits per heavy atom. The molecule has 0 amide bonds. The highest BCUT2D eigenvalue weighted by atomic mass is 32.3. The average Bonchev–Trinajstić information content (AvgIpc) is 2.11. The van der Waals surface area contributed by atoms with Gasteiger partial charge in [0.1, 0.15) is 24.4 Å². The summed E-state index contributed by atoms with van der Waals surface area (Å²) in [5, 5.41) is 36.7. The summed E-state index contributed by atoms with van der Waals surface area (Å²) in [6.45, 7) is -0.422. The molecule has 11 heteroatoms. The molecule has 1 aliphatic heterocycles. The van der Waals surface area contributed by atoms with Crippen LogP contribution in [0.4, 0.5) is 0 Å². The Kier molecular flexibility index (Phi) is 5.86. The van der Waals surface area contributed by atoms with Gasteiger partial charge in [-0.05, 0) is 0 Å². The molecule has 0 radical (unpaired) electrons. The molecule has 1 unspecified atom stereocenters. The van der Waals surface area contributed by atoms with Crippen LogP contribution >= 0.6 is 0 Å². The Morgan fingerprint density at radius 3 is 2.24 bits per heavy atom. The zero-order valence-corrected chi connectivity index (χ0v) is 9.19. The maximum absolute atomic E-state index is 10.3. The lowest BCUT2D eigenvalue weighted by Crippen LogP contribution is -2.57. The second-order valence-corrected chi connectivity index (χ2v) is 4.31. The molecular formula is C6H14O10S. The lowest BCUT2D eigenvalue weighted by Gasteiger charge is -2.36. The molecule has 0 aromatic rings. The van der Waals surface area contributed by atoms with Crippen molar-refractivity contribution in [1.82, 2.24) is 0 Å². The molecule has 10 nitrogen and oxygen atoms in total. The van der Waals surface area contributed by atoms with Gasteiger partial charge < -0.3 is 30.6 Å². The van der Waals surface area contributed by atoms with E-state index in [4.69, 9.17) is 14.8 Å². The van der Waals surface area contributed by atoms with Gasteiger partial charge in [-0.25, -0.2) is 4.18 Å². The minimum absolute atomic E-state index is 0. The van der Waals surface area contributed by atoms with Crippen LogP contribution in [0.5, 0.6) is 0 Å². The zero-order valence-electron chi connectivity index (χ0n) is 8.37. The monoisotopic (exact) mass is 278 g/mol. The number of rotatable bonds is 3. The van der Waals surface area contributed by atoms with Crippen molar-refractivity contribution in [2.45, 2.75) is 30.7 Å². The van der Waals surface area contributed by atoms with Crippen molar-refractivity contribution in [3.8, 4) is 0 Å². The summed E-state index contributed by atoms with van der Waals surface area (Å²) in [6, 6.07) is 0. The number of aliphatic hydroxyl groups excluding tert-OH is 4. The highest BCUT2D eigenvalue weighted by Gasteiger charge is 2.42. The minimum atomic E-state index is -4.91. The van der Waals surface area contributed by atoms with Crippen molar-refractivity contribution in [2.75, 3.05) is 6.61 Å². The average molecular weight is 278 g/mol. The van der Waals surface area contributed by atoms with Crippen molar-refractivity contribution >= 4 is 10.4 Å². The van der Waals surface area contributed by atoms with E-state index in [0.717, 1.165) is 0 Å². The van der Waals surface area contributed by atoms with Crippen LogP contribution in [0.1, 0.15) is 0 Å². The summed E-state index contributed by atoms with van der Waals surface area (Å²) in [4.78, 5) is 0. The first-order valence-electron chi connectivity index (χ1n) is 4.22. The van der Waals surface area contributed by atoms with Crippen LogP contribution in [0.3, 0.4) is 0 Å². The van der Waals surface area contributed by atoms with Crippen molar-refractivity contribution in [3.05, 3.63) is 0 Å². The van der Waals surface area contributed by atoms with Gasteiger partial charge in [0, 0.05) is 0 Å². The molecule has 0 spiro atoms. The van der Waals surface area contributed by atoms with E-state index in [0.29, 0.717) is 0 Å². The molecule has 17 heavy (non-hydrogen) atoms. The number of hydrogen-bond donors (Lipinski definition) is 5. The molecule has 1 saturated heterocycles. The topological polar surface area (TPSA) is 185 Å². The van der Waals surface area contributed by atoms with Crippen LogP contribution in [0.2, 0.25) is 0 Å². The summed E-state index contributed by atoms with van der Waals surface area (Å²) in [5.74, 6) is 0. The Bertz CT molecular complexity index is 328. The highest BCUT2D eigenvalue weighted by Crippen LogP contribution is 2.19. The Morgan fingerprint density at radius 2 is 1.76 bits per heavy atom. The van der Waals surface area contributed by atoms with E-state index >= 15 is 0 Å². The number of hydrogen-bond acceptors (Lipinski definition) is 8. The van der Waals surface area contributed by atoms with E-state index in [1.807, 2.05) is 0 Å². The van der Waals surface area contributed by atoms with Crippen LogP contribution in [-0.4, -0.2) is 76.2 Å². The van der Waals surface area contributed by atoms with Crippen molar-refractivity contribution < 1.29 is 47.8 Å². The summed E-state index contributed by atoms with van der Waals surface area (Å²) >= 11 is 0. The highest BCUT2D eigenvalue weighted by molar-refractivity contribution is 7.80. The summed E-state index contributed by atoms with van der Waals surface area (Å²) in [7, 11) is -4.91. The number of aliphatic hydroxyl groups is 4. The molecule has 5 atom stereocenters. The summed E-state index contributed by atoms with van der Waals surface area (Å²) < 4.78 is 37.2. The second kappa shape index (κ2) is 5.99. The fourth-order valence-electron chi connectivity index (χ4n) is 1.26. The summed E-state index contributed by atoms with van der Waals surface area (Å²) in [5.41, 5.74) is 0. The molecule has 1 aliphatic rings. The van der Waals surface area contributed by atoms with Gasteiger partial charge in [-0.15, -0.1) is 0 Å². The Hall–Kier alpha value is -0.370. The van der Waals surface area contributed by atoms with E-state index in [-0.39, 0.29) is 5.48 Å². The van der Waals surface area contributed by atoms with Gasteiger partial charge in [0.05, 0.1) is 6.61 Å². The fourth-order valence-corrected chi connectivity index (χ4v) is 1.62. The van der Waals surface area contributed by atoms with Gasteiger partial charge in [0.15, 0.2) is 0 Å². The second-order valence-electron chi connectivity index (χ2n) is 3.26. The predicted octanol–water partition coefficient (Wildman–Crippen LogP) is -4.22. The van der Waals surface area contributed by atoms with Gasteiger partial charge in [-0.1, -0.05) is 0 Å². The van der Waals surface area contributed by atoms with Crippen molar-refractivity contribution in [1.29, 1.82) is 0 Å². The number of ether oxygens (including phenoxy) is 1. The van der Waals surface area contributed by atoms with Crippen LogP contribution < -0.4 is 0 Å². The van der Waals surface area contributed by atoms with Crippen molar-refractivity contribution in [2.24, 2.45) is 0 Å². The van der Waals surface area contributed by atoms with Gasteiger partial charge in [-0.3, -0.25) is 4.55 Å². The maximum Gasteiger partial charge on any atom is 0.399 e. The van der Waals surface area contributed by atoms with Gasteiger partial charge in [0.25, 0.3) is 0 Å². The standard InChI is InChI=1S/C6H12O9S.H2O/c7-2-1-14-5(4(9)3(2)8)6(10)15-16(11,12)13;/h2-10H,1H2,(H,11,12,13);1H2/t2-,3+,4-,5-,6?;/m0./s1. The van der Waals surface area contributed by atoms with E-state index < -0.39 is 47.7 Å². The minimum Gasteiger partial charge on any atom is -0.412 e. The lowest BCUT2D eigenvalue weighted by atomic mass is 10.00. The van der Waals surface area contributed by atoms with Gasteiger partial charge in [0.2, 0.25) is 6.29 Å². The van der Waals surface area contributed by atoms with Crippen molar-refractivity contribution in [3.63, 3.8) is 0 Å². The molecule has 7 N–H and O–H groups in total. The van der Waals surface area contributed by atoms with Crippen LogP contribution in [0, 0.1) is 0 Å². The molecule has 1 fully saturated rings. The SMILES string of the molecule is O.O=S(=O)(O)OC(O)[C@H]1OC[C@H](O)[C@@H](O)[C@@H]1O. The maximum atomic E-state index is 10.3.